The minimum atomic E-state index is -1.26. The lowest BCUT2D eigenvalue weighted by Gasteiger charge is -2.29. The Hall–Kier alpha value is -4.05. The highest BCUT2D eigenvalue weighted by atomic mass is 16.4. The number of nitrogens with one attached hydrogen (secondary N) is 1. The summed E-state index contributed by atoms with van der Waals surface area (Å²) in [5, 5.41) is 18.8. The van der Waals surface area contributed by atoms with Crippen LogP contribution in [0.2, 0.25) is 0 Å². The van der Waals surface area contributed by atoms with Gasteiger partial charge in [-0.15, -0.1) is 0 Å². The molecular formula is C27H34N4O6. The Kier molecular flexibility index (Phi) is 11.4. The van der Waals surface area contributed by atoms with Crippen molar-refractivity contribution in [2.45, 2.75) is 51.2 Å². The van der Waals surface area contributed by atoms with E-state index in [-0.39, 0.29) is 23.8 Å². The van der Waals surface area contributed by atoms with Crippen LogP contribution in [0.5, 0.6) is 0 Å². The van der Waals surface area contributed by atoms with Gasteiger partial charge in [0.25, 0.3) is 0 Å². The number of likely N-dealkylation sites (tertiary alicyclic amines) is 1. The first-order chi connectivity index (χ1) is 17.6. The van der Waals surface area contributed by atoms with E-state index in [1.807, 2.05) is 62.4 Å². The molecule has 1 fully saturated rings. The smallest absolute Gasteiger partial charge is 0.328 e. The maximum Gasteiger partial charge on any atom is 0.328 e. The number of pyridine rings is 1. The fourth-order valence-corrected chi connectivity index (χ4v) is 3.86. The first-order valence-corrected chi connectivity index (χ1v) is 12.0. The highest BCUT2D eigenvalue weighted by Crippen LogP contribution is 2.23. The standard InChI is InChI=1S/C23H30N4O2.C4H4O4/c1-16(2)21(24)23(29)27-14-8-12-20(27)22(28)26-19(17-9-4-3-5-10-17)15-18-11-6-7-13-25-18;5-3(6)1-2-4(7)8/h3-7,9-11,13,16,19-21H,8,12,14-15,24H2,1-2H3,(H,26,28);1-2H,(H,5,6)(H,7,8)/t19-,20-,21-;/m0./s1. The number of carbonyl (C=O) groups excluding carboxylic acids is 2. The van der Waals surface area contributed by atoms with Gasteiger partial charge >= 0.3 is 11.9 Å². The van der Waals surface area contributed by atoms with Gasteiger partial charge in [0, 0.05) is 37.0 Å². The molecule has 5 N–H and O–H groups in total. The third kappa shape index (κ3) is 9.49. The van der Waals surface area contributed by atoms with Crippen molar-refractivity contribution in [1.29, 1.82) is 0 Å². The van der Waals surface area contributed by atoms with Crippen molar-refractivity contribution in [2.24, 2.45) is 11.7 Å². The van der Waals surface area contributed by atoms with E-state index in [1.54, 1.807) is 11.1 Å². The molecule has 1 aliphatic rings. The van der Waals surface area contributed by atoms with Gasteiger partial charge in [0.15, 0.2) is 0 Å². The minimum Gasteiger partial charge on any atom is -0.478 e. The maximum atomic E-state index is 13.2. The molecule has 2 aromatic rings. The summed E-state index contributed by atoms with van der Waals surface area (Å²) in [5.74, 6) is -2.75. The summed E-state index contributed by atoms with van der Waals surface area (Å²) < 4.78 is 0. The van der Waals surface area contributed by atoms with Crippen molar-refractivity contribution in [2.75, 3.05) is 6.54 Å². The van der Waals surface area contributed by atoms with Crippen LogP contribution in [-0.4, -0.2) is 62.5 Å². The average Bonchev–Trinajstić information content (AvgIpc) is 3.38. The molecule has 1 aromatic heterocycles. The molecule has 0 radical (unpaired) electrons. The normalized spacial score (nSPS) is 16.5. The average molecular weight is 511 g/mol. The quantitative estimate of drug-likeness (QED) is 0.373. The van der Waals surface area contributed by atoms with Crippen LogP contribution in [-0.2, 0) is 25.6 Å². The number of carboxylic acids is 2. The van der Waals surface area contributed by atoms with Crippen LogP contribution < -0.4 is 11.1 Å². The lowest BCUT2D eigenvalue weighted by molar-refractivity contribution is -0.140. The van der Waals surface area contributed by atoms with E-state index in [0.717, 1.165) is 17.7 Å². The lowest BCUT2D eigenvalue weighted by Crippen LogP contribution is -2.53. The van der Waals surface area contributed by atoms with Gasteiger partial charge in [-0.2, -0.15) is 0 Å². The van der Waals surface area contributed by atoms with Crippen molar-refractivity contribution in [3.63, 3.8) is 0 Å². The number of aromatic nitrogens is 1. The number of rotatable bonds is 9. The SMILES string of the molecule is CC(C)[C@H](N)C(=O)N1CCC[C@H]1C(=O)N[C@@H](Cc1ccccn1)c1ccccc1.O=C(O)C=CC(=O)O. The summed E-state index contributed by atoms with van der Waals surface area (Å²) >= 11 is 0. The van der Waals surface area contributed by atoms with E-state index in [4.69, 9.17) is 15.9 Å². The third-order valence-electron chi connectivity index (χ3n) is 5.87. The summed E-state index contributed by atoms with van der Waals surface area (Å²) in [5.41, 5.74) is 7.99. The summed E-state index contributed by atoms with van der Waals surface area (Å²) in [7, 11) is 0. The highest BCUT2D eigenvalue weighted by Gasteiger charge is 2.37. The highest BCUT2D eigenvalue weighted by molar-refractivity contribution is 5.91. The Morgan fingerprint density at radius 1 is 1.05 bits per heavy atom. The predicted octanol–water partition coefficient (Wildman–Crippen LogP) is 2.17. The monoisotopic (exact) mass is 510 g/mol. The number of nitrogens with two attached hydrogens (primary N) is 1. The van der Waals surface area contributed by atoms with Gasteiger partial charge in [0.05, 0.1) is 12.1 Å². The van der Waals surface area contributed by atoms with Crippen LogP contribution in [0.1, 0.15) is 44.0 Å². The fraction of sp³-hybridized carbons (Fsp3) is 0.370. The Morgan fingerprint density at radius 3 is 2.22 bits per heavy atom. The van der Waals surface area contributed by atoms with Crippen LogP contribution in [0.4, 0.5) is 0 Å². The molecule has 3 rings (SSSR count). The van der Waals surface area contributed by atoms with Crippen LogP contribution >= 0.6 is 0 Å². The van der Waals surface area contributed by atoms with Crippen molar-refractivity contribution in [3.8, 4) is 0 Å². The summed E-state index contributed by atoms with van der Waals surface area (Å²) in [6.07, 6.45) is 4.93. The predicted molar refractivity (Wildman–Crippen MR) is 137 cm³/mol. The number of benzene rings is 1. The molecule has 3 atom stereocenters. The first kappa shape index (κ1) is 29.2. The second-order valence-electron chi connectivity index (χ2n) is 8.97. The third-order valence-corrected chi connectivity index (χ3v) is 5.87. The number of hydrogen-bond acceptors (Lipinski definition) is 6. The molecule has 2 amide bonds. The number of carbonyl (C=O) groups is 4. The minimum absolute atomic E-state index is 0.0352. The molecule has 10 heteroatoms. The molecule has 0 aliphatic carbocycles. The molecule has 1 aromatic carbocycles. The molecule has 198 valence electrons. The van der Waals surface area contributed by atoms with Gasteiger partial charge in [-0.1, -0.05) is 50.2 Å². The first-order valence-electron chi connectivity index (χ1n) is 12.0. The Labute approximate surface area is 216 Å². The van der Waals surface area contributed by atoms with Gasteiger partial charge in [0.1, 0.15) is 6.04 Å². The zero-order chi connectivity index (χ0) is 27.4. The molecule has 0 bridgehead atoms. The Bertz CT molecular complexity index is 1060. The van der Waals surface area contributed by atoms with Crippen molar-refractivity contribution >= 4 is 23.8 Å². The number of hydrogen-bond donors (Lipinski definition) is 4. The summed E-state index contributed by atoms with van der Waals surface area (Å²) in [6, 6.07) is 14.4. The summed E-state index contributed by atoms with van der Waals surface area (Å²) in [4.78, 5) is 51.1. The fourth-order valence-electron chi connectivity index (χ4n) is 3.86. The lowest BCUT2D eigenvalue weighted by atomic mass is 10.0. The number of carboxylic acid groups (broad SMARTS) is 2. The van der Waals surface area contributed by atoms with Gasteiger partial charge < -0.3 is 26.2 Å². The van der Waals surface area contributed by atoms with Crippen molar-refractivity contribution in [1.82, 2.24) is 15.2 Å². The Balaban J connectivity index is 0.000000521. The molecule has 10 nitrogen and oxygen atoms in total. The molecule has 1 saturated heterocycles. The van der Waals surface area contributed by atoms with Gasteiger partial charge in [-0.05, 0) is 36.5 Å². The molecule has 0 saturated carbocycles. The van der Waals surface area contributed by atoms with E-state index < -0.39 is 24.0 Å². The molecule has 0 spiro atoms. The molecule has 0 unspecified atom stereocenters. The maximum absolute atomic E-state index is 13.2. The van der Waals surface area contributed by atoms with E-state index in [2.05, 4.69) is 10.3 Å². The number of nitrogens with zero attached hydrogens (tertiary/aromatic N) is 2. The van der Waals surface area contributed by atoms with Crippen molar-refractivity contribution in [3.05, 3.63) is 78.1 Å². The van der Waals surface area contributed by atoms with Gasteiger partial charge in [-0.25, -0.2) is 9.59 Å². The van der Waals surface area contributed by atoms with Crippen LogP contribution in [0, 0.1) is 5.92 Å². The zero-order valence-electron chi connectivity index (χ0n) is 21.0. The molecule has 2 heterocycles. The number of aliphatic carboxylic acids is 2. The van der Waals surface area contributed by atoms with Gasteiger partial charge in [-0.3, -0.25) is 14.6 Å². The summed E-state index contributed by atoms with van der Waals surface area (Å²) in [6.45, 7) is 4.42. The topological polar surface area (TPSA) is 163 Å². The van der Waals surface area contributed by atoms with E-state index >= 15 is 0 Å². The van der Waals surface area contributed by atoms with E-state index in [0.29, 0.717) is 31.5 Å². The second-order valence-corrected chi connectivity index (χ2v) is 8.97. The van der Waals surface area contributed by atoms with Crippen molar-refractivity contribution < 1.29 is 29.4 Å². The zero-order valence-corrected chi connectivity index (χ0v) is 21.0. The largest absolute Gasteiger partial charge is 0.478 e. The molecule has 37 heavy (non-hydrogen) atoms. The Morgan fingerprint density at radius 2 is 1.68 bits per heavy atom. The van der Waals surface area contributed by atoms with Crippen LogP contribution in [0.25, 0.3) is 0 Å². The van der Waals surface area contributed by atoms with Crippen LogP contribution in [0.3, 0.4) is 0 Å². The molecule has 1 aliphatic heterocycles. The van der Waals surface area contributed by atoms with E-state index in [9.17, 15) is 19.2 Å². The van der Waals surface area contributed by atoms with E-state index in [1.165, 1.54) is 0 Å². The number of amides is 2. The second kappa shape index (κ2) is 14.5. The van der Waals surface area contributed by atoms with Crippen LogP contribution in [0.15, 0.2) is 66.9 Å². The van der Waals surface area contributed by atoms with Gasteiger partial charge in [0.2, 0.25) is 11.8 Å². The molecular weight excluding hydrogens is 476 g/mol.